The molecule has 0 unspecified atom stereocenters. The van der Waals surface area contributed by atoms with Crippen LogP contribution >= 0.6 is 0 Å². The molecule has 4 heteroatoms. The number of nitrogens with one attached hydrogen (secondary N) is 1. The molecule has 0 aliphatic heterocycles. The van der Waals surface area contributed by atoms with E-state index in [0.717, 1.165) is 36.6 Å². The number of aryl methyl sites for hydroxylation is 2. The lowest BCUT2D eigenvalue weighted by molar-refractivity contribution is 0.0948. The predicted molar refractivity (Wildman–Crippen MR) is 99.3 cm³/mol. The Morgan fingerprint density at radius 1 is 1.04 bits per heavy atom. The molecule has 4 nitrogen and oxygen atoms in total. The van der Waals surface area contributed by atoms with E-state index in [0.29, 0.717) is 12.1 Å². The molecule has 0 saturated carbocycles. The number of aromatic nitrogens is 1. The van der Waals surface area contributed by atoms with Crippen molar-refractivity contribution in [3.05, 3.63) is 53.2 Å². The van der Waals surface area contributed by atoms with Gasteiger partial charge in [-0.15, -0.1) is 0 Å². The summed E-state index contributed by atoms with van der Waals surface area (Å²) in [5.74, 6) is -0.0531. The molecule has 0 aliphatic rings. The second-order valence-corrected chi connectivity index (χ2v) is 5.98. The zero-order chi connectivity index (χ0) is 17.5. The molecule has 1 aromatic carbocycles. The van der Waals surface area contributed by atoms with Gasteiger partial charge in [0.1, 0.15) is 0 Å². The van der Waals surface area contributed by atoms with Crippen LogP contribution in [0.3, 0.4) is 0 Å². The van der Waals surface area contributed by atoms with Gasteiger partial charge in [-0.3, -0.25) is 9.78 Å². The monoisotopic (exact) mass is 325 g/mol. The molecule has 0 saturated heterocycles. The normalized spacial score (nSPS) is 10.9. The smallest absolute Gasteiger partial charge is 0.253 e. The van der Waals surface area contributed by atoms with Gasteiger partial charge in [0.2, 0.25) is 0 Å². The number of likely N-dealkylation sites (N-methyl/N-ethyl adjacent to an activating group) is 1. The number of benzene rings is 1. The number of amides is 1. The Morgan fingerprint density at radius 3 is 2.29 bits per heavy atom. The summed E-state index contributed by atoms with van der Waals surface area (Å²) >= 11 is 0. The van der Waals surface area contributed by atoms with Crippen molar-refractivity contribution < 1.29 is 4.79 Å². The van der Waals surface area contributed by atoms with Crippen molar-refractivity contribution in [1.29, 1.82) is 0 Å². The Morgan fingerprint density at radius 2 is 1.71 bits per heavy atom. The quantitative estimate of drug-likeness (QED) is 0.848. The lowest BCUT2D eigenvalue weighted by atomic mass is 10.1. The van der Waals surface area contributed by atoms with Crippen LogP contribution in [0.25, 0.3) is 11.3 Å². The fourth-order valence-electron chi connectivity index (χ4n) is 2.65. The van der Waals surface area contributed by atoms with Crippen molar-refractivity contribution in [1.82, 2.24) is 15.2 Å². The summed E-state index contributed by atoms with van der Waals surface area (Å²) in [6.07, 6.45) is 0. The summed E-state index contributed by atoms with van der Waals surface area (Å²) < 4.78 is 0. The summed E-state index contributed by atoms with van der Waals surface area (Å²) in [5.41, 5.74) is 4.59. The molecule has 128 valence electrons. The molecule has 2 rings (SSSR count). The predicted octanol–water partition coefficient (Wildman–Crippen LogP) is 3.44. The Bertz CT molecular complexity index is 676. The van der Waals surface area contributed by atoms with Crippen LogP contribution in [0.4, 0.5) is 0 Å². The van der Waals surface area contributed by atoms with E-state index >= 15 is 0 Å². The highest BCUT2D eigenvalue weighted by atomic mass is 16.1. The molecule has 1 heterocycles. The van der Waals surface area contributed by atoms with Gasteiger partial charge >= 0.3 is 0 Å². The van der Waals surface area contributed by atoms with E-state index in [4.69, 9.17) is 0 Å². The molecule has 0 fully saturated rings. The number of nitrogens with zero attached hydrogens (tertiary/aromatic N) is 2. The van der Waals surface area contributed by atoms with E-state index in [1.54, 1.807) is 0 Å². The summed E-state index contributed by atoms with van der Waals surface area (Å²) in [6.45, 7) is 11.7. The van der Waals surface area contributed by atoms with Gasteiger partial charge < -0.3 is 10.2 Å². The molecule has 24 heavy (non-hydrogen) atoms. The van der Waals surface area contributed by atoms with Crippen LogP contribution in [0.15, 0.2) is 36.4 Å². The van der Waals surface area contributed by atoms with Crippen LogP contribution in [0.5, 0.6) is 0 Å². The van der Waals surface area contributed by atoms with E-state index in [1.165, 1.54) is 5.56 Å². The van der Waals surface area contributed by atoms with Crippen LogP contribution in [0.2, 0.25) is 0 Å². The minimum absolute atomic E-state index is 0.0531. The maximum absolute atomic E-state index is 12.3. The summed E-state index contributed by atoms with van der Waals surface area (Å²) in [6, 6.07) is 12.0. The first-order chi connectivity index (χ1) is 11.5. The van der Waals surface area contributed by atoms with Gasteiger partial charge in [-0.05, 0) is 39.1 Å². The standard InChI is InChI=1S/C20H27N3O/c1-5-23(6-2)14-13-21-20(24)18-11-12-19(22-16(18)4)17-9-7-15(3)8-10-17/h7-12H,5-6,13-14H2,1-4H3,(H,21,24). The molecule has 0 radical (unpaired) electrons. The molecule has 0 atom stereocenters. The van der Waals surface area contributed by atoms with Gasteiger partial charge in [0.15, 0.2) is 0 Å². The van der Waals surface area contributed by atoms with Crippen LogP contribution < -0.4 is 5.32 Å². The first-order valence-electron chi connectivity index (χ1n) is 8.60. The SMILES string of the molecule is CCN(CC)CCNC(=O)c1ccc(-c2ccc(C)cc2)nc1C. The molecular weight excluding hydrogens is 298 g/mol. The van der Waals surface area contributed by atoms with Gasteiger partial charge in [-0.25, -0.2) is 0 Å². The molecule has 2 aromatic rings. The second kappa shape index (κ2) is 8.60. The van der Waals surface area contributed by atoms with Crippen LogP contribution in [-0.4, -0.2) is 42.0 Å². The summed E-state index contributed by atoms with van der Waals surface area (Å²) in [7, 11) is 0. The van der Waals surface area contributed by atoms with Crippen molar-refractivity contribution >= 4 is 5.91 Å². The number of rotatable bonds is 7. The van der Waals surface area contributed by atoms with Gasteiger partial charge in [0.05, 0.1) is 17.0 Å². The largest absolute Gasteiger partial charge is 0.351 e. The Labute approximate surface area is 144 Å². The van der Waals surface area contributed by atoms with E-state index in [-0.39, 0.29) is 5.91 Å². The van der Waals surface area contributed by atoms with Crippen molar-refractivity contribution in [3.63, 3.8) is 0 Å². The number of hydrogen-bond acceptors (Lipinski definition) is 3. The maximum Gasteiger partial charge on any atom is 0.253 e. The van der Waals surface area contributed by atoms with Crippen molar-refractivity contribution in [2.75, 3.05) is 26.2 Å². The molecular formula is C20H27N3O. The zero-order valence-corrected chi connectivity index (χ0v) is 15.1. The van der Waals surface area contributed by atoms with Crippen molar-refractivity contribution in [3.8, 4) is 11.3 Å². The highest BCUT2D eigenvalue weighted by Gasteiger charge is 2.11. The van der Waals surface area contributed by atoms with Crippen LogP contribution in [0.1, 0.15) is 35.5 Å². The molecule has 0 aliphatic carbocycles. The van der Waals surface area contributed by atoms with Gasteiger partial charge in [-0.2, -0.15) is 0 Å². The van der Waals surface area contributed by atoms with Crippen LogP contribution in [0, 0.1) is 13.8 Å². The minimum atomic E-state index is -0.0531. The average molecular weight is 325 g/mol. The van der Waals surface area contributed by atoms with Gasteiger partial charge in [0.25, 0.3) is 5.91 Å². The fourth-order valence-corrected chi connectivity index (χ4v) is 2.65. The van der Waals surface area contributed by atoms with E-state index in [2.05, 4.69) is 60.2 Å². The van der Waals surface area contributed by atoms with Crippen molar-refractivity contribution in [2.24, 2.45) is 0 Å². The first-order valence-corrected chi connectivity index (χ1v) is 8.60. The Balaban J connectivity index is 2.03. The lowest BCUT2D eigenvalue weighted by Gasteiger charge is -2.18. The molecule has 1 amide bonds. The third-order valence-corrected chi connectivity index (χ3v) is 4.29. The Kier molecular flexibility index (Phi) is 6.50. The molecule has 1 N–H and O–H groups in total. The van der Waals surface area contributed by atoms with E-state index < -0.39 is 0 Å². The van der Waals surface area contributed by atoms with E-state index in [1.807, 2.05) is 19.1 Å². The maximum atomic E-state index is 12.3. The third kappa shape index (κ3) is 4.65. The second-order valence-electron chi connectivity index (χ2n) is 5.98. The molecule has 1 aromatic heterocycles. The number of carbonyl (C=O) groups is 1. The Hall–Kier alpha value is -2.20. The van der Waals surface area contributed by atoms with Gasteiger partial charge in [0, 0.05) is 18.7 Å². The highest BCUT2D eigenvalue weighted by molar-refractivity contribution is 5.95. The molecule has 0 bridgehead atoms. The molecule has 0 spiro atoms. The fraction of sp³-hybridized carbons (Fsp3) is 0.400. The number of hydrogen-bond donors (Lipinski definition) is 1. The third-order valence-electron chi connectivity index (χ3n) is 4.29. The summed E-state index contributed by atoms with van der Waals surface area (Å²) in [4.78, 5) is 19.2. The highest BCUT2D eigenvalue weighted by Crippen LogP contribution is 2.19. The number of pyridine rings is 1. The van der Waals surface area contributed by atoms with Gasteiger partial charge in [-0.1, -0.05) is 43.7 Å². The van der Waals surface area contributed by atoms with E-state index in [9.17, 15) is 4.79 Å². The zero-order valence-electron chi connectivity index (χ0n) is 15.1. The topological polar surface area (TPSA) is 45.2 Å². The van der Waals surface area contributed by atoms with Crippen molar-refractivity contribution in [2.45, 2.75) is 27.7 Å². The minimum Gasteiger partial charge on any atom is -0.351 e. The van der Waals surface area contributed by atoms with Crippen LogP contribution in [-0.2, 0) is 0 Å². The lowest BCUT2D eigenvalue weighted by Crippen LogP contribution is -2.35. The summed E-state index contributed by atoms with van der Waals surface area (Å²) in [5, 5.41) is 2.98. The average Bonchev–Trinajstić information content (AvgIpc) is 2.59. The first kappa shape index (κ1) is 18.1. The number of carbonyl (C=O) groups excluding carboxylic acids is 1.